The molecule has 3 aromatic rings. The molecule has 3 rings (SSSR count). The maximum Gasteiger partial charge on any atom is 0.255 e. The lowest BCUT2D eigenvalue weighted by Gasteiger charge is -2.21. The number of benzene rings is 3. The first-order valence-corrected chi connectivity index (χ1v) is 13.1. The second-order valence-electron chi connectivity index (χ2n) is 7.52. The van der Waals surface area contributed by atoms with Crippen molar-refractivity contribution in [2.24, 2.45) is 5.10 Å². The maximum absolute atomic E-state index is 13.3. The van der Waals surface area contributed by atoms with Gasteiger partial charge in [-0.25, -0.2) is 13.8 Å². The van der Waals surface area contributed by atoms with Crippen LogP contribution in [0.25, 0.3) is 0 Å². The van der Waals surface area contributed by atoms with Crippen LogP contribution in [0.1, 0.15) is 11.1 Å². The molecule has 0 saturated heterocycles. The van der Waals surface area contributed by atoms with Crippen molar-refractivity contribution in [3.63, 3.8) is 0 Å². The monoisotopic (exact) mass is 571 g/mol. The van der Waals surface area contributed by atoms with Gasteiger partial charge in [-0.05, 0) is 53.6 Å². The molecule has 0 aliphatic carbocycles. The molecule has 8 nitrogen and oxygen atoms in total. The Balaban J connectivity index is 1.73. The summed E-state index contributed by atoms with van der Waals surface area (Å²) in [5.41, 5.74) is 3.80. The summed E-state index contributed by atoms with van der Waals surface area (Å²) in [6.07, 6.45) is 3.06. The van der Waals surface area contributed by atoms with E-state index >= 15 is 0 Å². The Bertz CT molecular complexity index is 1310. The minimum absolute atomic E-state index is 0.0275. The standard InChI is InChI=1S/C26H26BrN3O5S/c1-3-15-35-24-14-9-21(16-25(24)34-2)17-28-29-26(31)19-30(18-20-7-5-4-6-8-20)36(32,33)23-12-10-22(27)11-13-23/h3-14,16-17H,1,15,18-19H2,2H3,(H,29,31)/b28-17-. The van der Waals surface area contributed by atoms with E-state index in [9.17, 15) is 13.2 Å². The molecule has 0 aromatic heterocycles. The summed E-state index contributed by atoms with van der Waals surface area (Å²) >= 11 is 3.31. The zero-order valence-corrected chi connectivity index (χ0v) is 22.0. The van der Waals surface area contributed by atoms with Gasteiger partial charge in [-0.3, -0.25) is 4.79 Å². The largest absolute Gasteiger partial charge is 0.493 e. The van der Waals surface area contributed by atoms with Crippen LogP contribution in [-0.2, 0) is 21.4 Å². The number of sulfonamides is 1. The fraction of sp³-hybridized carbons (Fsp3) is 0.154. The Morgan fingerprint density at radius 2 is 1.81 bits per heavy atom. The van der Waals surface area contributed by atoms with Gasteiger partial charge in [0.05, 0.1) is 24.8 Å². The van der Waals surface area contributed by atoms with Crippen LogP contribution in [0.2, 0.25) is 0 Å². The number of hydrogen-bond acceptors (Lipinski definition) is 6. The Kier molecular flexibility index (Phi) is 9.80. The molecular formula is C26H26BrN3O5S. The van der Waals surface area contributed by atoms with Crippen molar-refractivity contribution in [2.45, 2.75) is 11.4 Å². The summed E-state index contributed by atoms with van der Waals surface area (Å²) in [4.78, 5) is 12.8. The van der Waals surface area contributed by atoms with E-state index in [1.165, 1.54) is 25.5 Å². The van der Waals surface area contributed by atoms with Crippen molar-refractivity contribution in [3.8, 4) is 11.5 Å². The number of carbonyl (C=O) groups excluding carboxylic acids is 1. The number of hydrogen-bond donors (Lipinski definition) is 1. The molecule has 0 unspecified atom stereocenters. The lowest BCUT2D eigenvalue weighted by atomic mass is 10.2. The Hall–Kier alpha value is -3.47. The molecule has 0 aliphatic heterocycles. The van der Waals surface area contributed by atoms with Crippen molar-refractivity contribution in [1.29, 1.82) is 0 Å². The molecule has 1 N–H and O–H groups in total. The van der Waals surface area contributed by atoms with Crippen molar-refractivity contribution in [3.05, 3.63) is 101 Å². The van der Waals surface area contributed by atoms with Gasteiger partial charge in [-0.1, -0.05) is 58.9 Å². The topological polar surface area (TPSA) is 97.3 Å². The van der Waals surface area contributed by atoms with Crippen LogP contribution in [0.4, 0.5) is 0 Å². The predicted octanol–water partition coefficient (Wildman–Crippen LogP) is 4.36. The highest BCUT2D eigenvalue weighted by Crippen LogP contribution is 2.27. The van der Waals surface area contributed by atoms with E-state index in [4.69, 9.17) is 9.47 Å². The molecule has 0 radical (unpaired) electrons. The molecular weight excluding hydrogens is 546 g/mol. The summed E-state index contributed by atoms with van der Waals surface area (Å²) in [7, 11) is -2.43. The maximum atomic E-state index is 13.3. The minimum atomic E-state index is -3.95. The first-order valence-electron chi connectivity index (χ1n) is 10.9. The summed E-state index contributed by atoms with van der Waals surface area (Å²) in [5.74, 6) is 0.468. The Morgan fingerprint density at radius 1 is 1.08 bits per heavy atom. The van der Waals surface area contributed by atoms with Crippen LogP contribution in [0.15, 0.2) is 99.9 Å². The van der Waals surface area contributed by atoms with Crippen LogP contribution in [0.5, 0.6) is 11.5 Å². The highest BCUT2D eigenvalue weighted by molar-refractivity contribution is 9.10. The van der Waals surface area contributed by atoms with Gasteiger partial charge in [0.15, 0.2) is 11.5 Å². The van der Waals surface area contributed by atoms with E-state index in [0.29, 0.717) is 23.7 Å². The summed E-state index contributed by atoms with van der Waals surface area (Å²) < 4.78 is 39.3. The van der Waals surface area contributed by atoms with Crippen LogP contribution in [0.3, 0.4) is 0 Å². The first kappa shape index (κ1) is 27.1. The lowest BCUT2D eigenvalue weighted by Crippen LogP contribution is -2.39. The minimum Gasteiger partial charge on any atom is -0.493 e. The number of hydrazone groups is 1. The third kappa shape index (κ3) is 7.51. The Labute approximate surface area is 219 Å². The fourth-order valence-corrected chi connectivity index (χ4v) is 4.82. The SMILES string of the molecule is C=CCOc1ccc(/C=N\NC(=O)CN(Cc2ccccc2)S(=O)(=O)c2ccc(Br)cc2)cc1OC. The molecule has 10 heteroatoms. The van der Waals surface area contributed by atoms with Crippen molar-refractivity contribution in [2.75, 3.05) is 20.3 Å². The quantitative estimate of drug-likeness (QED) is 0.198. The molecule has 0 bridgehead atoms. The number of rotatable bonds is 12. The van der Waals surface area contributed by atoms with E-state index in [-0.39, 0.29) is 11.4 Å². The van der Waals surface area contributed by atoms with E-state index < -0.39 is 22.5 Å². The zero-order chi connectivity index (χ0) is 26.0. The zero-order valence-electron chi connectivity index (χ0n) is 19.6. The second-order valence-corrected chi connectivity index (χ2v) is 10.4. The molecule has 1 amide bonds. The van der Waals surface area contributed by atoms with Gasteiger partial charge in [0.1, 0.15) is 6.61 Å². The Morgan fingerprint density at radius 3 is 2.47 bits per heavy atom. The van der Waals surface area contributed by atoms with E-state index in [0.717, 1.165) is 14.3 Å². The first-order chi connectivity index (χ1) is 17.3. The highest BCUT2D eigenvalue weighted by Gasteiger charge is 2.27. The third-order valence-corrected chi connectivity index (χ3v) is 7.25. The molecule has 3 aromatic carbocycles. The van der Waals surface area contributed by atoms with Gasteiger partial charge in [0.2, 0.25) is 10.0 Å². The average Bonchev–Trinajstić information content (AvgIpc) is 2.88. The number of nitrogens with zero attached hydrogens (tertiary/aromatic N) is 2. The van der Waals surface area contributed by atoms with Crippen molar-refractivity contribution >= 4 is 38.1 Å². The molecule has 0 saturated carbocycles. The molecule has 188 valence electrons. The number of methoxy groups -OCH3 is 1. The third-order valence-electron chi connectivity index (χ3n) is 4.92. The number of ether oxygens (including phenoxy) is 2. The predicted molar refractivity (Wildman–Crippen MR) is 143 cm³/mol. The smallest absolute Gasteiger partial charge is 0.255 e. The molecule has 0 aliphatic rings. The van der Waals surface area contributed by atoms with E-state index in [1.807, 2.05) is 18.2 Å². The van der Waals surface area contributed by atoms with Crippen LogP contribution in [-0.4, -0.2) is 45.1 Å². The van der Waals surface area contributed by atoms with Crippen LogP contribution in [0, 0.1) is 0 Å². The van der Waals surface area contributed by atoms with Crippen LogP contribution >= 0.6 is 15.9 Å². The van der Waals surface area contributed by atoms with Crippen LogP contribution < -0.4 is 14.9 Å². The van der Waals surface area contributed by atoms with Crippen molar-refractivity contribution in [1.82, 2.24) is 9.73 Å². The van der Waals surface area contributed by atoms with E-state index in [1.54, 1.807) is 48.5 Å². The molecule has 36 heavy (non-hydrogen) atoms. The molecule has 0 heterocycles. The van der Waals surface area contributed by atoms with Crippen molar-refractivity contribution < 1.29 is 22.7 Å². The number of amides is 1. The van der Waals surface area contributed by atoms with Gasteiger partial charge >= 0.3 is 0 Å². The summed E-state index contributed by atoms with van der Waals surface area (Å²) in [6, 6.07) is 20.5. The molecule has 0 atom stereocenters. The normalized spacial score (nSPS) is 11.4. The number of halogens is 1. The van der Waals surface area contributed by atoms with Gasteiger partial charge in [0, 0.05) is 11.0 Å². The average molecular weight is 572 g/mol. The van der Waals surface area contributed by atoms with E-state index in [2.05, 4.69) is 33.0 Å². The van der Waals surface area contributed by atoms with Gasteiger partial charge in [-0.15, -0.1) is 0 Å². The number of nitrogens with one attached hydrogen (secondary N) is 1. The second kappa shape index (κ2) is 13.0. The van der Waals surface area contributed by atoms with Gasteiger partial charge in [-0.2, -0.15) is 9.41 Å². The summed E-state index contributed by atoms with van der Waals surface area (Å²) in [6.45, 7) is 3.56. The number of carbonyl (C=O) groups is 1. The molecule has 0 fully saturated rings. The van der Waals surface area contributed by atoms with Gasteiger partial charge in [0.25, 0.3) is 5.91 Å². The highest BCUT2D eigenvalue weighted by atomic mass is 79.9. The summed E-state index contributed by atoms with van der Waals surface area (Å²) in [5, 5.41) is 3.97. The lowest BCUT2D eigenvalue weighted by molar-refractivity contribution is -0.121. The van der Waals surface area contributed by atoms with Gasteiger partial charge < -0.3 is 9.47 Å². The fourth-order valence-electron chi connectivity index (χ4n) is 3.18. The molecule has 0 spiro atoms.